The van der Waals surface area contributed by atoms with Crippen LogP contribution in [0, 0.1) is 0 Å². The Morgan fingerprint density at radius 3 is 2.62 bits per heavy atom. The van der Waals surface area contributed by atoms with E-state index in [2.05, 4.69) is 32.4 Å². The van der Waals surface area contributed by atoms with Gasteiger partial charge in [0.2, 0.25) is 0 Å². The van der Waals surface area contributed by atoms with Crippen molar-refractivity contribution in [1.29, 1.82) is 0 Å². The maximum Gasteiger partial charge on any atom is 0.259 e. The third-order valence-corrected chi connectivity index (χ3v) is 5.48. The standard InChI is InChI=1S/C22H21N5O2/c28-21(23-13-15-7-9-16(10-8-15)26-11-3-4-12-26)18-14-24-27-19-6-2-1-5-17(19)22(29)25-20(18)27/h1-2,5-10,14H,3-4,11-13H2,(H,23,28)(H,25,29). The van der Waals surface area contributed by atoms with E-state index in [0.29, 0.717) is 28.7 Å². The Balaban J connectivity index is 1.36. The maximum atomic E-state index is 12.7. The fourth-order valence-electron chi connectivity index (χ4n) is 3.92. The first kappa shape index (κ1) is 17.5. The van der Waals surface area contributed by atoms with E-state index < -0.39 is 0 Å². The highest BCUT2D eigenvalue weighted by atomic mass is 16.2. The molecule has 1 aliphatic heterocycles. The first-order valence-corrected chi connectivity index (χ1v) is 9.81. The molecule has 0 radical (unpaired) electrons. The number of anilines is 1. The number of rotatable bonds is 4. The number of nitrogens with zero attached hydrogens (tertiary/aromatic N) is 3. The summed E-state index contributed by atoms with van der Waals surface area (Å²) in [7, 11) is 0. The minimum absolute atomic E-state index is 0.236. The lowest BCUT2D eigenvalue weighted by atomic mass is 10.2. The number of nitrogens with one attached hydrogen (secondary N) is 2. The largest absolute Gasteiger partial charge is 0.372 e. The number of aromatic nitrogens is 3. The fourth-order valence-corrected chi connectivity index (χ4v) is 3.92. The Labute approximate surface area is 167 Å². The van der Waals surface area contributed by atoms with Crippen molar-refractivity contribution in [3.8, 4) is 0 Å². The van der Waals surface area contributed by atoms with Gasteiger partial charge in [-0.1, -0.05) is 24.3 Å². The second-order valence-electron chi connectivity index (χ2n) is 7.33. The van der Waals surface area contributed by atoms with E-state index in [0.717, 1.165) is 18.7 Å². The van der Waals surface area contributed by atoms with E-state index in [9.17, 15) is 9.59 Å². The van der Waals surface area contributed by atoms with Crippen LogP contribution < -0.4 is 15.8 Å². The van der Waals surface area contributed by atoms with Crippen LogP contribution in [0.4, 0.5) is 5.69 Å². The summed E-state index contributed by atoms with van der Waals surface area (Å²) in [6.45, 7) is 2.63. The molecule has 2 N–H and O–H groups in total. The van der Waals surface area contributed by atoms with E-state index in [-0.39, 0.29) is 11.5 Å². The zero-order chi connectivity index (χ0) is 19.8. The summed E-state index contributed by atoms with van der Waals surface area (Å²) in [4.78, 5) is 30.2. The molecule has 1 fully saturated rings. The summed E-state index contributed by atoms with van der Waals surface area (Å²) in [5.41, 5.74) is 3.43. The van der Waals surface area contributed by atoms with Crippen molar-refractivity contribution in [2.75, 3.05) is 18.0 Å². The SMILES string of the molecule is O=C(NCc1ccc(N2CCCC2)cc1)c1cnn2c1[nH]c(=O)c1ccccc12. The fraction of sp³-hybridized carbons (Fsp3) is 0.227. The molecule has 7 heteroatoms. The highest BCUT2D eigenvalue weighted by molar-refractivity contribution is 6.00. The van der Waals surface area contributed by atoms with Gasteiger partial charge in [0.05, 0.1) is 17.1 Å². The molecule has 2 aromatic heterocycles. The monoisotopic (exact) mass is 387 g/mol. The first-order chi connectivity index (χ1) is 14.2. The summed E-state index contributed by atoms with van der Waals surface area (Å²) < 4.78 is 1.59. The van der Waals surface area contributed by atoms with Gasteiger partial charge in [-0.25, -0.2) is 4.52 Å². The number of hydrogen-bond acceptors (Lipinski definition) is 4. The van der Waals surface area contributed by atoms with Gasteiger partial charge < -0.3 is 15.2 Å². The van der Waals surface area contributed by atoms with Gasteiger partial charge in [-0.2, -0.15) is 5.10 Å². The number of carbonyl (C=O) groups is 1. The topological polar surface area (TPSA) is 82.5 Å². The van der Waals surface area contributed by atoms with Gasteiger partial charge in [-0.15, -0.1) is 0 Å². The van der Waals surface area contributed by atoms with Gasteiger partial charge in [-0.3, -0.25) is 9.59 Å². The molecule has 0 aliphatic carbocycles. The van der Waals surface area contributed by atoms with E-state index in [4.69, 9.17) is 0 Å². The van der Waals surface area contributed by atoms with Crippen LogP contribution in [0.5, 0.6) is 0 Å². The Hall–Kier alpha value is -3.61. The number of para-hydroxylation sites is 1. The molecule has 0 atom stereocenters. The van der Waals surface area contributed by atoms with Gasteiger partial charge in [0, 0.05) is 25.3 Å². The highest BCUT2D eigenvalue weighted by Crippen LogP contribution is 2.20. The van der Waals surface area contributed by atoms with Crippen molar-refractivity contribution in [3.05, 3.63) is 76.2 Å². The second-order valence-corrected chi connectivity index (χ2v) is 7.33. The van der Waals surface area contributed by atoms with Crippen molar-refractivity contribution >= 4 is 28.1 Å². The number of aromatic amines is 1. The summed E-state index contributed by atoms with van der Waals surface area (Å²) >= 11 is 0. The predicted molar refractivity (Wildman–Crippen MR) is 112 cm³/mol. The molecule has 7 nitrogen and oxygen atoms in total. The smallest absolute Gasteiger partial charge is 0.259 e. The van der Waals surface area contributed by atoms with Gasteiger partial charge in [0.15, 0.2) is 0 Å². The van der Waals surface area contributed by atoms with Crippen LogP contribution in [0.1, 0.15) is 28.8 Å². The molecule has 0 bridgehead atoms. The molecule has 1 saturated heterocycles. The van der Waals surface area contributed by atoms with Crippen molar-refractivity contribution in [2.24, 2.45) is 0 Å². The quantitative estimate of drug-likeness (QED) is 0.564. The highest BCUT2D eigenvalue weighted by Gasteiger charge is 2.16. The van der Waals surface area contributed by atoms with Crippen LogP contribution in [-0.4, -0.2) is 33.6 Å². The normalized spacial score (nSPS) is 14.0. The average molecular weight is 387 g/mol. The molecule has 0 unspecified atom stereocenters. The zero-order valence-electron chi connectivity index (χ0n) is 15.9. The maximum absolute atomic E-state index is 12.7. The lowest BCUT2D eigenvalue weighted by Gasteiger charge is -2.17. The van der Waals surface area contributed by atoms with Crippen molar-refractivity contribution in [1.82, 2.24) is 19.9 Å². The van der Waals surface area contributed by atoms with Crippen LogP contribution in [0.3, 0.4) is 0 Å². The van der Waals surface area contributed by atoms with E-state index in [1.54, 1.807) is 16.6 Å². The number of fused-ring (bicyclic) bond motifs is 3. The van der Waals surface area contributed by atoms with Crippen LogP contribution in [0.15, 0.2) is 59.5 Å². The van der Waals surface area contributed by atoms with E-state index in [1.807, 2.05) is 24.3 Å². The lowest BCUT2D eigenvalue weighted by molar-refractivity contribution is 0.0952. The molecular formula is C22H21N5O2. The Morgan fingerprint density at radius 2 is 1.83 bits per heavy atom. The predicted octanol–water partition coefficient (Wildman–Crippen LogP) is 2.71. The molecule has 5 rings (SSSR count). The van der Waals surface area contributed by atoms with Gasteiger partial charge in [0.25, 0.3) is 11.5 Å². The zero-order valence-corrected chi connectivity index (χ0v) is 15.9. The number of hydrogen-bond donors (Lipinski definition) is 2. The number of amides is 1. The number of H-pyrrole nitrogens is 1. The third kappa shape index (κ3) is 3.14. The van der Waals surface area contributed by atoms with Crippen LogP contribution in [0.2, 0.25) is 0 Å². The Kier molecular flexibility index (Phi) is 4.27. The summed E-state index contributed by atoms with van der Waals surface area (Å²) in [6, 6.07) is 15.5. The van der Waals surface area contributed by atoms with E-state index >= 15 is 0 Å². The molecule has 1 amide bonds. The van der Waals surface area contributed by atoms with Crippen LogP contribution in [0.25, 0.3) is 16.6 Å². The van der Waals surface area contributed by atoms with Crippen molar-refractivity contribution in [3.63, 3.8) is 0 Å². The summed E-state index contributed by atoms with van der Waals surface area (Å²) in [5, 5.41) is 7.76. The average Bonchev–Trinajstić information content (AvgIpc) is 3.43. The number of carbonyl (C=O) groups excluding carboxylic acids is 1. The minimum Gasteiger partial charge on any atom is -0.372 e. The van der Waals surface area contributed by atoms with Crippen LogP contribution >= 0.6 is 0 Å². The van der Waals surface area contributed by atoms with Crippen LogP contribution in [-0.2, 0) is 6.54 Å². The molecule has 0 spiro atoms. The summed E-state index contributed by atoms with van der Waals surface area (Å²) in [6.07, 6.45) is 3.98. The molecular weight excluding hydrogens is 366 g/mol. The van der Waals surface area contributed by atoms with Gasteiger partial charge >= 0.3 is 0 Å². The second kappa shape index (κ2) is 7.09. The molecule has 29 heavy (non-hydrogen) atoms. The molecule has 3 heterocycles. The molecule has 2 aromatic carbocycles. The third-order valence-electron chi connectivity index (χ3n) is 5.48. The molecule has 4 aromatic rings. The summed E-state index contributed by atoms with van der Waals surface area (Å²) in [5.74, 6) is -0.269. The lowest BCUT2D eigenvalue weighted by Crippen LogP contribution is -2.23. The number of benzene rings is 2. The van der Waals surface area contributed by atoms with Gasteiger partial charge in [-0.05, 0) is 42.7 Å². The van der Waals surface area contributed by atoms with E-state index in [1.165, 1.54) is 24.7 Å². The molecule has 1 aliphatic rings. The molecule has 0 saturated carbocycles. The Bertz CT molecular complexity index is 1250. The van der Waals surface area contributed by atoms with Crippen molar-refractivity contribution < 1.29 is 4.79 Å². The van der Waals surface area contributed by atoms with Crippen molar-refractivity contribution in [2.45, 2.75) is 19.4 Å². The molecule has 146 valence electrons. The minimum atomic E-state index is -0.269. The Morgan fingerprint density at radius 1 is 1.07 bits per heavy atom. The first-order valence-electron chi connectivity index (χ1n) is 9.81. The van der Waals surface area contributed by atoms with Gasteiger partial charge in [0.1, 0.15) is 11.2 Å².